The van der Waals surface area contributed by atoms with Gasteiger partial charge in [-0.2, -0.15) is 0 Å². The number of nitrogens with zero attached hydrogens (tertiary/aromatic N) is 1. The Morgan fingerprint density at radius 3 is 1.68 bits per heavy atom. The molecule has 11 heteroatoms. The standard InChI is InChI=1S/C46H82NO9P/c1-6-8-9-10-11-12-13-14-15-19-22-25-28-31-34-37-45(49)53-41-44(42-55-57(51,52)54-40-39-47(3,4)5)56-46(50)38-35-32-29-26-23-20-17-16-18-21-24-27-30-33-36-43(48)7-2/h17-18,20-21,26-27,29-30,33,36,43-44,48H,6-16,19,22-25,28,31-32,34-35,37-42H2,1-5H3/p+1/b20-17-,21-18-,29-26-,30-27-,36-33+/t43-,44-/m1/s1. The molecule has 330 valence electrons. The van der Waals surface area contributed by atoms with Crippen LogP contribution in [0.1, 0.15) is 162 Å². The fourth-order valence-electron chi connectivity index (χ4n) is 5.59. The summed E-state index contributed by atoms with van der Waals surface area (Å²) in [5.74, 6) is -0.886. The first-order chi connectivity index (χ1) is 27.4. The number of carbonyl (C=O) groups excluding carboxylic acids is 2. The van der Waals surface area contributed by atoms with Crippen molar-refractivity contribution in [1.29, 1.82) is 0 Å². The zero-order valence-corrected chi connectivity index (χ0v) is 37.6. The van der Waals surface area contributed by atoms with Gasteiger partial charge in [0.25, 0.3) is 0 Å². The summed E-state index contributed by atoms with van der Waals surface area (Å²) in [6.07, 6.45) is 42.2. The predicted octanol–water partition coefficient (Wildman–Crippen LogP) is 11.4. The van der Waals surface area contributed by atoms with Crippen LogP contribution in [0.3, 0.4) is 0 Å². The van der Waals surface area contributed by atoms with Crippen LogP contribution in [-0.2, 0) is 32.7 Å². The second kappa shape index (κ2) is 37.9. The molecule has 0 bridgehead atoms. The Balaban J connectivity index is 4.48. The molecule has 0 aromatic heterocycles. The molecule has 0 rings (SSSR count). The molecule has 0 aliphatic carbocycles. The third kappa shape index (κ3) is 41.6. The number of aliphatic hydroxyl groups is 1. The van der Waals surface area contributed by atoms with Gasteiger partial charge in [0.15, 0.2) is 6.10 Å². The lowest BCUT2D eigenvalue weighted by molar-refractivity contribution is -0.870. The van der Waals surface area contributed by atoms with Crippen molar-refractivity contribution in [3.05, 3.63) is 60.8 Å². The van der Waals surface area contributed by atoms with Crippen LogP contribution >= 0.6 is 7.82 Å². The number of quaternary nitrogens is 1. The molecule has 0 aromatic rings. The molecule has 0 aliphatic rings. The highest BCUT2D eigenvalue weighted by Crippen LogP contribution is 2.43. The van der Waals surface area contributed by atoms with Crippen LogP contribution in [0, 0.1) is 0 Å². The van der Waals surface area contributed by atoms with Gasteiger partial charge >= 0.3 is 19.8 Å². The summed E-state index contributed by atoms with van der Waals surface area (Å²) in [5.41, 5.74) is 0. The normalized spacial score (nSPS) is 14.7. The van der Waals surface area contributed by atoms with E-state index in [9.17, 15) is 24.2 Å². The van der Waals surface area contributed by atoms with Gasteiger partial charge in [-0.3, -0.25) is 18.6 Å². The molecule has 0 spiro atoms. The smallest absolute Gasteiger partial charge is 0.462 e. The van der Waals surface area contributed by atoms with Gasteiger partial charge in [-0.1, -0.05) is 164 Å². The Bertz CT molecular complexity index is 1170. The van der Waals surface area contributed by atoms with Crippen molar-refractivity contribution in [2.75, 3.05) is 47.5 Å². The summed E-state index contributed by atoms with van der Waals surface area (Å²) in [7, 11) is 1.41. The number of hydrogen-bond acceptors (Lipinski definition) is 8. The Morgan fingerprint density at radius 2 is 1.14 bits per heavy atom. The van der Waals surface area contributed by atoms with Gasteiger partial charge in [-0.05, 0) is 44.9 Å². The summed E-state index contributed by atoms with van der Waals surface area (Å²) in [6, 6.07) is 0. The van der Waals surface area contributed by atoms with Crippen molar-refractivity contribution >= 4 is 19.8 Å². The average molecular weight is 825 g/mol. The maximum absolute atomic E-state index is 12.7. The molecule has 57 heavy (non-hydrogen) atoms. The van der Waals surface area contributed by atoms with E-state index in [1.165, 1.54) is 77.0 Å². The van der Waals surface area contributed by atoms with Crippen LogP contribution in [0.2, 0.25) is 0 Å². The summed E-state index contributed by atoms with van der Waals surface area (Å²) >= 11 is 0. The third-order valence-electron chi connectivity index (χ3n) is 9.22. The summed E-state index contributed by atoms with van der Waals surface area (Å²) in [4.78, 5) is 35.3. The zero-order valence-electron chi connectivity index (χ0n) is 36.7. The topological polar surface area (TPSA) is 129 Å². The number of esters is 2. The van der Waals surface area contributed by atoms with Gasteiger partial charge < -0.3 is 24.0 Å². The third-order valence-corrected chi connectivity index (χ3v) is 10.2. The van der Waals surface area contributed by atoms with Crippen LogP contribution in [0.25, 0.3) is 0 Å². The van der Waals surface area contributed by atoms with Crippen LogP contribution in [0.4, 0.5) is 0 Å². The molecule has 1 unspecified atom stereocenters. The van der Waals surface area contributed by atoms with E-state index in [1.807, 2.05) is 52.4 Å². The zero-order chi connectivity index (χ0) is 42.3. The number of phosphoric acid groups is 1. The van der Waals surface area contributed by atoms with Crippen molar-refractivity contribution in [2.45, 2.75) is 174 Å². The van der Waals surface area contributed by atoms with Gasteiger partial charge in [0.1, 0.15) is 19.8 Å². The Labute approximate surface area is 348 Å². The SMILES string of the molecule is CCCCCCCCCCCCCCCCCC(=O)OC[C@H](COP(=O)(O)OCC[N+](C)(C)C)OC(=O)CCC/C=C\C/C=C\C/C=C\C/C=C\C=C\[C@H](O)CC. The second-order valence-corrected chi connectivity index (χ2v) is 17.4. The number of unbranched alkanes of at least 4 members (excludes halogenated alkanes) is 15. The van der Waals surface area contributed by atoms with Crippen molar-refractivity contribution in [3.8, 4) is 0 Å². The maximum atomic E-state index is 12.7. The van der Waals surface area contributed by atoms with Crippen LogP contribution in [-0.4, -0.2) is 86.1 Å². The predicted molar refractivity (Wildman–Crippen MR) is 235 cm³/mol. The molecule has 0 radical (unpaired) electrons. The molecule has 0 saturated heterocycles. The Morgan fingerprint density at radius 1 is 0.632 bits per heavy atom. The minimum atomic E-state index is -4.40. The number of hydrogen-bond donors (Lipinski definition) is 2. The van der Waals surface area contributed by atoms with E-state index >= 15 is 0 Å². The van der Waals surface area contributed by atoms with Crippen LogP contribution in [0.5, 0.6) is 0 Å². The van der Waals surface area contributed by atoms with Gasteiger partial charge in [-0.25, -0.2) is 4.57 Å². The number of allylic oxidation sites excluding steroid dienone is 9. The van der Waals surface area contributed by atoms with E-state index in [2.05, 4.69) is 37.3 Å². The van der Waals surface area contributed by atoms with Crippen molar-refractivity contribution in [2.24, 2.45) is 0 Å². The molecule has 0 aromatic carbocycles. The molecule has 0 heterocycles. The number of aliphatic hydroxyl groups excluding tert-OH is 1. The van der Waals surface area contributed by atoms with Gasteiger partial charge in [-0.15, -0.1) is 0 Å². The van der Waals surface area contributed by atoms with Gasteiger partial charge in [0.2, 0.25) is 0 Å². The highest BCUT2D eigenvalue weighted by atomic mass is 31.2. The minimum Gasteiger partial charge on any atom is -0.462 e. The molecule has 3 atom stereocenters. The summed E-state index contributed by atoms with van der Waals surface area (Å²) in [6.45, 7) is 4.01. The quantitative estimate of drug-likeness (QED) is 0.0155. The van der Waals surface area contributed by atoms with Crippen molar-refractivity contribution < 1.29 is 47.2 Å². The van der Waals surface area contributed by atoms with Crippen molar-refractivity contribution in [3.63, 3.8) is 0 Å². The summed E-state index contributed by atoms with van der Waals surface area (Å²) in [5, 5.41) is 9.48. The molecule has 0 amide bonds. The maximum Gasteiger partial charge on any atom is 0.472 e. The van der Waals surface area contributed by atoms with Crippen LogP contribution in [0.15, 0.2) is 60.8 Å². The highest BCUT2D eigenvalue weighted by molar-refractivity contribution is 7.47. The Hall–Kier alpha value is -2.33. The fraction of sp³-hybridized carbons (Fsp3) is 0.739. The number of ether oxygens (including phenoxy) is 2. The molecule has 0 saturated carbocycles. The lowest BCUT2D eigenvalue weighted by Crippen LogP contribution is -2.37. The van der Waals surface area contributed by atoms with E-state index in [1.54, 1.807) is 6.08 Å². The highest BCUT2D eigenvalue weighted by Gasteiger charge is 2.27. The molecular formula is C46H83NO9P+. The lowest BCUT2D eigenvalue weighted by Gasteiger charge is -2.24. The second-order valence-electron chi connectivity index (χ2n) is 15.9. The lowest BCUT2D eigenvalue weighted by atomic mass is 10.0. The van der Waals surface area contributed by atoms with Gasteiger partial charge in [0.05, 0.1) is 33.9 Å². The molecule has 10 nitrogen and oxygen atoms in total. The fourth-order valence-corrected chi connectivity index (χ4v) is 6.33. The monoisotopic (exact) mass is 825 g/mol. The molecular weight excluding hydrogens is 741 g/mol. The van der Waals surface area contributed by atoms with Crippen LogP contribution < -0.4 is 0 Å². The summed E-state index contributed by atoms with van der Waals surface area (Å²) < 4.78 is 34.2. The van der Waals surface area contributed by atoms with E-state index in [-0.39, 0.29) is 32.2 Å². The van der Waals surface area contributed by atoms with E-state index in [0.29, 0.717) is 30.3 Å². The first-order valence-electron chi connectivity index (χ1n) is 22.1. The number of likely N-dealkylation sites (N-methyl/N-ethyl adjacent to an activating group) is 1. The molecule has 2 N–H and O–H groups in total. The van der Waals surface area contributed by atoms with E-state index in [0.717, 1.165) is 38.5 Å². The van der Waals surface area contributed by atoms with Crippen molar-refractivity contribution in [1.82, 2.24) is 0 Å². The number of phosphoric ester groups is 1. The van der Waals surface area contributed by atoms with E-state index in [4.69, 9.17) is 18.5 Å². The first kappa shape index (κ1) is 54.7. The number of rotatable bonds is 39. The Kier molecular flexibility index (Phi) is 36.4. The molecule has 0 fully saturated rings. The van der Waals surface area contributed by atoms with Gasteiger partial charge in [0, 0.05) is 12.8 Å². The average Bonchev–Trinajstić information content (AvgIpc) is 3.16. The largest absolute Gasteiger partial charge is 0.472 e. The molecule has 0 aliphatic heterocycles. The van der Waals surface area contributed by atoms with E-state index < -0.39 is 32.5 Å². The minimum absolute atomic E-state index is 0.0131. The number of carbonyl (C=O) groups is 2. The first-order valence-corrected chi connectivity index (χ1v) is 23.6.